The van der Waals surface area contributed by atoms with Crippen molar-refractivity contribution in [3.05, 3.63) is 11.6 Å². The lowest BCUT2D eigenvalue weighted by Gasteiger charge is -2.25. The second kappa shape index (κ2) is 10.5. The van der Waals surface area contributed by atoms with Crippen LogP contribution in [0, 0.1) is 5.92 Å². The van der Waals surface area contributed by atoms with Gasteiger partial charge in [0.15, 0.2) is 5.96 Å². The molecule has 1 fully saturated rings. The summed E-state index contributed by atoms with van der Waals surface area (Å²) in [5.74, 6) is 1.82. The zero-order valence-corrected chi connectivity index (χ0v) is 16.7. The first-order valence-corrected chi connectivity index (χ1v) is 8.49. The normalized spacial score (nSPS) is 20.2. The number of guanidine groups is 1. The quantitative estimate of drug-likeness (QED) is 0.288. The van der Waals surface area contributed by atoms with Crippen molar-refractivity contribution in [2.75, 3.05) is 34.2 Å². The van der Waals surface area contributed by atoms with Crippen molar-refractivity contribution >= 4 is 29.9 Å². The van der Waals surface area contributed by atoms with Crippen molar-refractivity contribution in [2.24, 2.45) is 10.9 Å². The SMILES string of the molecule is CN=C(NCCC1=CCCCC1)NCC(C1CC1)N(C)C.I. The van der Waals surface area contributed by atoms with Crippen molar-refractivity contribution in [1.29, 1.82) is 0 Å². The molecule has 1 unspecified atom stereocenters. The van der Waals surface area contributed by atoms with Crippen LogP contribution >= 0.6 is 24.0 Å². The zero-order valence-electron chi connectivity index (χ0n) is 14.4. The van der Waals surface area contributed by atoms with E-state index in [1.807, 2.05) is 7.05 Å². The summed E-state index contributed by atoms with van der Waals surface area (Å²) in [6.07, 6.45) is 11.6. The van der Waals surface area contributed by atoms with Crippen LogP contribution in [0.25, 0.3) is 0 Å². The average Bonchev–Trinajstić information content (AvgIpc) is 3.31. The van der Waals surface area contributed by atoms with E-state index in [0.717, 1.165) is 31.4 Å². The van der Waals surface area contributed by atoms with E-state index >= 15 is 0 Å². The molecule has 128 valence electrons. The van der Waals surface area contributed by atoms with Gasteiger partial charge in [-0.15, -0.1) is 24.0 Å². The summed E-state index contributed by atoms with van der Waals surface area (Å²) >= 11 is 0. The van der Waals surface area contributed by atoms with E-state index in [0.29, 0.717) is 6.04 Å². The molecule has 2 N–H and O–H groups in total. The number of aliphatic imine (C=N–C) groups is 1. The summed E-state index contributed by atoms with van der Waals surface area (Å²) in [7, 11) is 6.21. The van der Waals surface area contributed by atoms with E-state index in [9.17, 15) is 0 Å². The highest BCUT2D eigenvalue weighted by molar-refractivity contribution is 14.0. The van der Waals surface area contributed by atoms with Crippen molar-refractivity contribution in [2.45, 2.75) is 51.0 Å². The Morgan fingerprint density at radius 3 is 2.64 bits per heavy atom. The van der Waals surface area contributed by atoms with Crippen LogP contribution in [-0.4, -0.2) is 51.1 Å². The number of rotatable bonds is 7. The minimum Gasteiger partial charge on any atom is -0.356 e. The molecule has 2 aliphatic rings. The summed E-state index contributed by atoms with van der Waals surface area (Å²) in [4.78, 5) is 6.68. The van der Waals surface area contributed by atoms with Gasteiger partial charge in [0.2, 0.25) is 0 Å². The monoisotopic (exact) mass is 420 g/mol. The van der Waals surface area contributed by atoms with Crippen LogP contribution in [0.5, 0.6) is 0 Å². The fourth-order valence-electron chi connectivity index (χ4n) is 3.15. The maximum Gasteiger partial charge on any atom is 0.191 e. The molecule has 2 aliphatic carbocycles. The molecule has 0 aromatic heterocycles. The van der Waals surface area contributed by atoms with Crippen molar-refractivity contribution in [3.8, 4) is 0 Å². The van der Waals surface area contributed by atoms with Gasteiger partial charge in [-0.05, 0) is 65.0 Å². The number of nitrogens with zero attached hydrogens (tertiary/aromatic N) is 2. The molecule has 0 radical (unpaired) electrons. The molecule has 0 heterocycles. The van der Waals surface area contributed by atoms with Gasteiger partial charge in [-0.2, -0.15) is 0 Å². The van der Waals surface area contributed by atoms with Gasteiger partial charge < -0.3 is 15.5 Å². The minimum atomic E-state index is 0. The standard InChI is InChI=1S/C17H32N4.HI/c1-18-17(19-12-11-14-7-5-4-6-8-14)20-13-16(21(2)3)15-9-10-15;/h7,15-16H,4-6,8-13H2,1-3H3,(H2,18,19,20);1H. The lowest BCUT2D eigenvalue weighted by molar-refractivity contribution is 0.264. The number of hydrogen-bond donors (Lipinski definition) is 2. The summed E-state index contributed by atoms with van der Waals surface area (Å²) in [5.41, 5.74) is 1.62. The minimum absolute atomic E-state index is 0. The summed E-state index contributed by atoms with van der Waals surface area (Å²) in [6, 6.07) is 0.629. The van der Waals surface area contributed by atoms with Crippen LogP contribution in [0.4, 0.5) is 0 Å². The van der Waals surface area contributed by atoms with Gasteiger partial charge in [-0.25, -0.2) is 0 Å². The van der Waals surface area contributed by atoms with E-state index in [1.165, 1.54) is 38.5 Å². The van der Waals surface area contributed by atoms with Gasteiger partial charge in [0.05, 0.1) is 0 Å². The van der Waals surface area contributed by atoms with Gasteiger partial charge in [-0.3, -0.25) is 4.99 Å². The fraction of sp³-hybridized carbons (Fsp3) is 0.824. The molecule has 1 atom stereocenters. The zero-order chi connectivity index (χ0) is 15.1. The number of likely N-dealkylation sites (N-methyl/N-ethyl adjacent to an activating group) is 1. The lowest BCUT2D eigenvalue weighted by Crippen LogP contribution is -2.46. The Morgan fingerprint density at radius 1 is 1.32 bits per heavy atom. The smallest absolute Gasteiger partial charge is 0.191 e. The number of halogens is 1. The van der Waals surface area contributed by atoms with E-state index in [1.54, 1.807) is 5.57 Å². The van der Waals surface area contributed by atoms with E-state index in [4.69, 9.17) is 0 Å². The number of hydrogen-bond acceptors (Lipinski definition) is 2. The highest BCUT2D eigenvalue weighted by Gasteiger charge is 2.32. The van der Waals surface area contributed by atoms with E-state index in [2.05, 4.69) is 40.7 Å². The Labute approximate surface area is 153 Å². The third-order valence-corrected chi connectivity index (χ3v) is 4.66. The van der Waals surface area contributed by atoms with Crippen LogP contribution in [0.2, 0.25) is 0 Å². The van der Waals surface area contributed by atoms with Crippen LogP contribution in [0.1, 0.15) is 44.9 Å². The van der Waals surface area contributed by atoms with Crippen LogP contribution in [0.15, 0.2) is 16.6 Å². The second-order valence-corrected chi connectivity index (χ2v) is 6.61. The van der Waals surface area contributed by atoms with E-state index in [-0.39, 0.29) is 24.0 Å². The molecule has 5 heteroatoms. The van der Waals surface area contributed by atoms with Crippen molar-refractivity contribution in [1.82, 2.24) is 15.5 Å². The van der Waals surface area contributed by atoms with Crippen LogP contribution < -0.4 is 10.6 Å². The molecular weight excluding hydrogens is 387 g/mol. The first-order valence-electron chi connectivity index (χ1n) is 8.49. The van der Waals surface area contributed by atoms with E-state index < -0.39 is 0 Å². The van der Waals surface area contributed by atoms with Crippen molar-refractivity contribution in [3.63, 3.8) is 0 Å². The molecule has 0 aromatic rings. The molecule has 0 spiro atoms. The highest BCUT2D eigenvalue weighted by atomic mass is 127. The Hall–Kier alpha value is -0.300. The van der Waals surface area contributed by atoms with Crippen molar-refractivity contribution < 1.29 is 0 Å². The molecule has 1 saturated carbocycles. The largest absolute Gasteiger partial charge is 0.356 e. The third kappa shape index (κ3) is 6.86. The molecule has 0 bridgehead atoms. The highest BCUT2D eigenvalue weighted by Crippen LogP contribution is 2.34. The Morgan fingerprint density at radius 2 is 2.09 bits per heavy atom. The molecule has 0 saturated heterocycles. The lowest BCUT2D eigenvalue weighted by atomic mass is 9.97. The first-order chi connectivity index (χ1) is 10.2. The summed E-state index contributed by atoms with van der Waals surface area (Å²) < 4.78 is 0. The molecule has 0 amide bonds. The predicted octanol–water partition coefficient (Wildman–Crippen LogP) is 3.00. The number of allylic oxidation sites excluding steroid dienone is 1. The number of nitrogens with one attached hydrogen (secondary N) is 2. The summed E-state index contributed by atoms with van der Waals surface area (Å²) in [6.45, 7) is 1.97. The van der Waals surface area contributed by atoms with Gasteiger partial charge in [0.25, 0.3) is 0 Å². The first kappa shape index (κ1) is 19.7. The molecule has 0 aliphatic heterocycles. The average molecular weight is 420 g/mol. The third-order valence-electron chi connectivity index (χ3n) is 4.66. The Balaban J connectivity index is 0.00000242. The fourth-order valence-corrected chi connectivity index (χ4v) is 3.15. The topological polar surface area (TPSA) is 39.7 Å². The molecule has 4 nitrogen and oxygen atoms in total. The van der Waals surface area contributed by atoms with Gasteiger partial charge in [0, 0.05) is 26.2 Å². The Kier molecular flexibility index (Phi) is 9.40. The maximum absolute atomic E-state index is 4.34. The molecular formula is C17H33IN4. The molecule has 22 heavy (non-hydrogen) atoms. The molecule has 2 rings (SSSR count). The summed E-state index contributed by atoms with van der Waals surface area (Å²) in [5, 5.41) is 6.94. The second-order valence-electron chi connectivity index (χ2n) is 6.61. The van der Waals surface area contributed by atoms with Gasteiger partial charge >= 0.3 is 0 Å². The van der Waals surface area contributed by atoms with Crippen LogP contribution in [-0.2, 0) is 0 Å². The molecule has 0 aromatic carbocycles. The van der Waals surface area contributed by atoms with Gasteiger partial charge in [0.1, 0.15) is 0 Å². The Bertz CT molecular complexity index is 373. The maximum atomic E-state index is 4.34. The van der Waals surface area contributed by atoms with Gasteiger partial charge in [-0.1, -0.05) is 11.6 Å². The van der Waals surface area contributed by atoms with Crippen LogP contribution in [0.3, 0.4) is 0 Å². The predicted molar refractivity (Wildman–Crippen MR) is 106 cm³/mol.